The highest BCUT2D eigenvalue weighted by atomic mass is 15.1. The Kier molecular flexibility index (Phi) is 3.63. The summed E-state index contributed by atoms with van der Waals surface area (Å²) in [6, 6.07) is 17.5. The Morgan fingerprint density at radius 3 is 2.35 bits per heavy atom. The first-order valence-electron chi connectivity index (χ1n) is 5.31. The van der Waals surface area contributed by atoms with Gasteiger partial charge in [-0.2, -0.15) is 0 Å². The summed E-state index contributed by atoms with van der Waals surface area (Å²) in [5, 5.41) is 6.81. The lowest BCUT2D eigenvalue weighted by Gasteiger charge is -2.06. The normalized spacial score (nSPS) is 9.41. The smallest absolute Gasteiger partial charge is 0.0400 e. The van der Waals surface area contributed by atoms with Gasteiger partial charge >= 0.3 is 0 Å². The highest BCUT2D eigenvalue weighted by molar-refractivity contribution is 5.51. The van der Waals surface area contributed by atoms with Crippen LogP contribution >= 0.6 is 0 Å². The third-order valence-corrected chi connectivity index (χ3v) is 2.37. The molecule has 0 saturated heterocycles. The summed E-state index contributed by atoms with van der Waals surface area (Å²) in [5.74, 6) is 0. The minimum Gasteiger partial charge on any atom is -0.381 e. The lowest BCUT2D eigenvalue weighted by atomic mass is 10.2. The predicted molar refractivity (Wildman–Crippen MR) is 69.0 cm³/mol. The van der Waals surface area contributed by atoms with Gasteiger partial charge in [-0.05, 0) is 23.2 Å². The van der Waals surface area contributed by atoms with E-state index in [1.54, 1.807) is 12.1 Å². The second kappa shape index (κ2) is 5.58. The van der Waals surface area contributed by atoms with Crippen molar-refractivity contribution >= 4 is 11.4 Å². The molecule has 0 bridgehead atoms. The summed E-state index contributed by atoms with van der Waals surface area (Å²) in [5.41, 5.74) is 11.1. The van der Waals surface area contributed by atoms with Crippen LogP contribution in [-0.4, -0.2) is 0 Å². The zero-order valence-corrected chi connectivity index (χ0v) is 9.24. The molecule has 0 aromatic heterocycles. The molecule has 0 heterocycles. The van der Waals surface area contributed by atoms with Gasteiger partial charge in [-0.3, -0.25) is 0 Å². The van der Waals surface area contributed by atoms with Gasteiger partial charge in [-0.15, -0.1) is 0 Å². The van der Waals surface area contributed by atoms with Crippen LogP contribution in [0, 0.1) is 0 Å². The minimum atomic E-state index is 0.623. The SMILES string of the molecule is [N-]=[N+]=Nc1ccc(NCc2ccccc2)cc1. The Labute approximate surface area is 99.5 Å². The highest BCUT2D eigenvalue weighted by Crippen LogP contribution is 2.16. The lowest BCUT2D eigenvalue weighted by molar-refractivity contribution is 1.15. The highest BCUT2D eigenvalue weighted by Gasteiger charge is 1.93. The van der Waals surface area contributed by atoms with Crippen molar-refractivity contribution in [2.45, 2.75) is 6.54 Å². The largest absolute Gasteiger partial charge is 0.381 e. The van der Waals surface area contributed by atoms with Crippen molar-refractivity contribution in [3.63, 3.8) is 0 Å². The standard InChI is InChI=1S/C13H12N4/c14-17-16-13-8-6-12(7-9-13)15-10-11-4-2-1-3-5-11/h1-9,15H,10H2. The first-order valence-corrected chi connectivity index (χ1v) is 5.31. The summed E-state index contributed by atoms with van der Waals surface area (Å²) in [6.45, 7) is 0.779. The molecule has 0 saturated carbocycles. The molecule has 1 N–H and O–H groups in total. The quantitative estimate of drug-likeness (QED) is 0.471. The fraction of sp³-hybridized carbons (Fsp3) is 0.0769. The van der Waals surface area contributed by atoms with Crippen LogP contribution in [-0.2, 0) is 6.54 Å². The van der Waals surface area contributed by atoms with Crippen LogP contribution in [0.15, 0.2) is 59.7 Å². The van der Waals surface area contributed by atoms with Gasteiger partial charge in [0.2, 0.25) is 0 Å². The van der Waals surface area contributed by atoms with E-state index < -0.39 is 0 Å². The van der Waals surface area contributed by atoms with E-state index in [9.17, 15) is 0 Å². The fourth-order valence-electron chi connectivity index (χ4n) is 1.50. The molecule has 17 heavy (non-hydrogen) atoms. The first kappa shape index (κ1) is 11.0. The second-order valence-electron chi connectivity index (χ2n) is 3.58. The number of azide groups is 1. The van der Waals surface area contributed by atoms with E-state index in [0.29, 0.717) is 5.69 Å². The van der Waals surface area contributed by atoms with Crippen LogP contribution < -0.4 is 5.32 Å². The molecule has 2 rings (SSSR count). The van der Waals surface area contributed by atoms with Gasteiger partial charge in [0.1, 0.15) is 0 Å². The molecule has 2 aromatic carbocycles. The van der Waals surface area contributed by atoms with Crippen molar-refractivity contribution in [3.05, 3.63) is 70.6 Å². The number of benzene rings is 2. The van der Waals surface area contributed by atoms with E-state index in [2.05, 4.69) is 27.5 Å². The number of nitrogens with zero attached hydrogens (tertiary/aromatic N) is 3. The Balaban J connectivity index is 1.98. The third-order valence-electron chi connectivity index (χ3n) is 2.37. The molecule has 0 spiro atoms. The van der Waals surface area contributed by atoms with Crippen LogP contribution in [0.4, 0.5) is 11.4 Å². The van der Waals surface area contributed by atoms with Crippen LogP contribution in [0.1, 0.15) is 5.56 Å². The molecule has 0 atom stereocenters. The molecule has 0 fully saturated rings. The molecule has 4 heteroatoms. The van der Waals surface area contributed by atoms with Crippen molar-refractivity contribution < 1.29 is 0 Å². The molecule has 2 aromatic rings. The van der Waals surface area contributed by atoms with E-state index in [-0.39, 0.29) is 0 Å². The molecule has 0 aliphatic rings. The van der Waals surface area contributed by atoms with Gasteiger partial charge in [0.15, 0.2) is 0 Å². The Hall–Kier alpha value is -2.45. The monoisotopic (exact) mass is 224 g/mol. The number of hydrogen-bond donors (Lipinski definition) is 1. The maximum absolute atomic E-state index is 8.28. The Morgan fingerprint density at radius 1 is 1.00 bits per heavy atom. The van der Waals surface area contributed by atoms with Gasteiger partial charge in [0, 0.05) is 22.8 Å². The van der Waals surface area contributed by atoms with Gasteiger partial charge in [0.25, 0.3) is 0 Å². The van der Waals surface area contributed by atoms with Crippen LogP contribution in [0.25, 0.3) is 10.4 Å². The van der Waals surface area contributed by atoms with Crippen LogP contribution in [0.3, 0.4) is 0 Å². The topological polar surface area (TPSA) is 60.8 Å². The molecule has 0 unspecified atom stereocenters. The summed E-state index contributed by atoms with van der Waals surface area (Å²) >= 11 is 0. The third kappa shape index (κ3) is 3.26. The summed E-state index contributed by atoms with van der Waals surface area (Å²) in [4.78, 5) is 2.73. The maximum Gasteiger partial charge on any atom is 0.0400 e. The second-order valence-corrected chi connectivity index (χ2v) is 3.58. The molecule has 0 aliphatic carbocycles. The average molecular weight is 224 g/mol. The molecule has 0 aliphatic heterocycles. The average Bonchev–Trinajstić information content (AvgIpc) is 2.40. The van der Waals surface area contributed by atoms with Gasteiger partial charge in [-0.25, -0.2) is 0 Å². The van der Waals surface area contributed by atoms with Crippen molar-refractivity contribution in [2.75, 3.05) is 5.32 Å². The minimum absolute atomic E-state index is 0.623. The van der Waals surface area contributed by atoms with Crippen molar-refractivity contribution in [3.8, 4) is 0 Å². The molecule has 0 radical (unpaired) electrons. The zero-order chi connectivity index (χ0) is 11.9. The van der Waals surface area contributed by atoms with Gasteiger partial charge in [-0.1, -0.05) is 47.6 Å². The number of anilines is 1. The lowest BCUT2D eigenvalue weighted by Crippen LogP contribution is -1.98. The molecule has 84 valence electrons. The van der Waals surface area contributed by atoms with Crippen LogP contribution in [0.2, 0.25) is 0 Å². The summed E-state index contributed by atoms with van der Waals surface area (Å²) in [7, 11) is 0. The van der Waals surface area contributed by atoms with Crippen molar-refractivity contribution in [2.24, 2.45) is 5.11 Å². The summed E-state index contributed by atoms with van der Waals surface area (Å²) < 4.78 is 0. The first-order chi connectivity index (χ1) is 8.38. The van der Waals surface area contributed by atoms with E-state index in [4.69, 9.17) is 5.53 Å². The molecule has 4 nitrogen and oxygen atoms in total. The number of nitrogens with one attached hydrogen (secondary N) is 1. The predicted octanol–water partition coefficient (Wildman–Crippen LogP) is 4.24. The molecule has 0 amide bonds. The van der Waals surface area contributed by atoms with Gasteiger partial charge in [0.05, 0.1) is 0 Å². The van der Waals surface area contributed by atoms with Crippen molar-refractivity contribution in [1.82, 2.24) is 0 Å². The fourth-order valence-corrected chi connectivity index (χ4v) is 1.50. The Morgan fingerprint density at radius 2 is 1.71 bits per heavy atom. The van der Waals surface area contributed by atoms with Crippen molar-refractivity contribution in [1.29, 1.82) is 0 Å². The number of rotatable bonds is 4. The molecular formula is C13H12N4. The van der Waals surface area contributed by atoms with Gasteiger partial charge < -0.3 is 5.32 Å². The Bertz CT molecular complexity index is 513. The summed E-state index contributed by atoms with van der Waals surface area (Å²) in [6.07, 6.45) is 0. The number of hydrogen-bond acceptors (Lipinski definition) is 2. The van der Waals surface area contributed by atoms with E-state index in [1.807, 2.05) is 30.3 Å². The van der Waals surface area contributed by atoms with E-state index in [0.717, 1.165) is 12.2 Å². The molecular weight excluding hydrogens is 212 g/mol. The zero-order valence-electron chi connectivity index (χ0n) is 9.24. The van der Waals surface area contributed by atoms with E-state index in [1.165, 1.54) is 5.56 Å². The van der Waals surface area contributed by atoms with Crippen LogP contribution in [0.5, 0.6) is 0 Å². The van der Waals surface area contributed by atoms with E-state index >= 15 is 0 Å². The maximum atomic E-state index is 8.28.